The molecule has 10 heteroatoms. The first kappa shape index (κ1) is 21.4. The summed E-state index contributed by atoms with van der Waals surface area (Å²) in [6.45, 7) is -0.0269. The maximum Gasteiger partial charge on any atom is 0.272 e. The van der Waals surface area contributed by atoms with Gasteiger partial charge in [-0.15, -0.1) is 0 Å². The van der Waals surface area contributed by atoms with Crippen molar-refractivity contribution in [3.05, 3.63) is 93.7 Å². The van der Waals surface area contributed by atoms with Crippen LogP contribution in [-0.4, -0.2) is 32.8 Å². The number of H-pyrrole nitrogens is 2. The van der Waals surface area contributed by atoms with Crippen LogP contribution in [0.5, 0.6) is 11.5 Å². The van der Waals surface area contributed by atoms with Gasteiger partial charge in [0.2, 0.25) is 0 Å². The Bertz CT molecular complexity index is 1630. The number of nitrogens with one attached hydrogen (secondary N) is 2. The molecule has 2 N–H and O–H groups in total. The predicted octanol–water partition coefficient (Wildman–Crippen LogP) is 4.25. The standard InChI is InChI=1S/C24H16F2N4O4/c1-33-11-18-24(32)30-17-10-28-23-20(21(17)29-18)14(9-27-23)22(31)13-7-6-12(8-16(13)26)34-19-5-3-2-4-15(19)25/h2-10H,11H2,1H3,(H,27,28)(H,30,32). The highest BCUT2D eigenvalue weighted by Gasteiger charge is 2.22. The molecule has 0 atom stereocenters. The number of carbonyl (C=O) groups is 1. The number of ether oxygens (including phenoxy) is 2. The van der Waals surface area contributed by atoms with Gasteiger partial charge in [0, 0.05) is 19.4 Å². The third-order valence-electron chi connectivity index (χ3n) is 5.21. The van der Waals surface area contributed by atoms with Gasteiger partial charge in [-0.3, -0.25) is 9.59 Å². The lowest BCUT2D eigenvalue weighted by atomic mass is 10.0. The lowest BCUT2D eigenvalue weighted by molar-refractivity contribution is 0.103. The van der Waals surface area contributed by atoms with E-state index in [4.69, 9.17) is 9.47 Å². The lowest BCUT2D eigenvalue weighted by Gasteiger charge is -2.09. The van der Waals surface area contributed by atoms with Crippen LogP contribution in [0.2, 0.25) is 0 Å². The number of halogens is 2. The minimum Gasteiger partial charge on any atom is -0.454 e. The van der Waals surface area contributed by atoms with Crippen molar-refractivity contribution in [1.29, 1.82) is 0 Å². The Morgan fingerprint density at radius 2 is 1.91 bits per heavy atom. The van der Waals surface area contributed by atoms with Crippen LogP contribution in [0, 0.1) is 11.6 Å². The number of aromatic amines is 2. The highest BCUT2D eigenvalue weighted by Crippen LogP contribution is 2.29. The van der Waals surface area contributed by atoms with E-state index in [2.05, 4.69) is 19.9 Å². The molecule has 0 saturated heterocycles. The monoisotopic (exact) mass is 462 g/mol. The molecule has 3 heterocycles. The summed E-state index contributed by atoms with van der Waals surface area (Å²) in [5.74, 6) is -2.10. The Hall–Kier alpha value is -4.44. The average Bonchev–Trinajstić information content (AvgIpc) is 3.26. The fourth-order valence-electron chi connectivity index (χ4n) is 3.62. The van der Waals surface area contributed by atoms with Gasteiger partial charge in [0.05, 0.1) is 34.8 Å². The van der Waals surface area contributed by atoms with Crippen LogP contribution in [0.3, 0.4) is 0 Å². The summed E-state index contributed by atoms with van der Waals surface area (Å²) >= 11 is 0. The van der Waals surface area contributed by atoms with Gasteiger partial charge < -0.3 is 19.4 Å². The number of rotatable bonds is 6. The molecule has 170 valence electrons. The minimum atomic E-state index is -0.845. The summed E-state index contributed by atoms with van der Waals surface area (Å²) < 4.78 is 39.2. The number of carbonyl (C=O) groups excluding carboxylic acids is 1. The van der Waals surface area contributed by atoms with Gasteiger partial charge in [0.25, 0.3) is 5.56 Å². The zero-order valence-electron chi connectivity index (χ0n) is 17.7. The van der Waals surface area contributed by atoms with Crippen LogP contribution in [0.4, 0.5) is 8.78 Å². The van der Waals surface area contributed by atoms with Crippen LogP contribution in [0.1, 0.15) is 21.6 Å². The van der Waals surface area contributed by atoms with Crippen molar-refractivity contribution in [2.45, 2.75) is 6.61 Å². The summed E-state index contributed by atoms with van der Waals surface area (Å²) in [5.41, 5.74) is 0.580. The number of nitrogens with zero attached hydrogens (tertiary/aromatic N) is 2. The molecule has 2 aromatic carbocycles. The number of methoxy groups -OCH3 is 1. The number of hydrogen-bond donors (Lipinski definition) is 2. The Morgan fingerprint density at radius 3 is 2.68 bits per heavy atom. The van der Waals surface area contributed by atoms with Crippen molar-refractivity contribution >= 4 is 27.9 Å². The Balaban J connectivity index is 1.57. The third kappa shape index (κ3) is 3.69. The predicted molar refractivity (Wildman–Crippen MR) is 119 cm³/mol. The third-order valence-corrected chi connectivity index (χ3v) is 5.21. The lowest BCUT2D eigenvalue weighted by Crippen LogP contribution is -2.16. The summed E-state index contributed by atoms with van der Waals surface area (Å²) in [4.78, 5) is 39.6. The molecule has 0 radical (unpaired) electrons. The van der Waals surface area contributed by atoms with Gasteiger partial charge in [-0.05, 0) is 24.3 Å². The normalized spacial score (nSPS) is 11.3. The van der Waals surface area contributed by atoms with Gasteiger partial charge in [-0.25, -0.2) is 18.7 Å². The van der Waals surface area contributed by atoms with E-state index in [9.17, 15) is 18.4 Å². The molecule has 0 aliphatic rings. The van der Waals surface area contributed by atoms with E-state index >= 15 is 0 Å². The smallest absolute Gasteiger partial charge is 0.272 e. The second-order valence-corrected chi connectivity index (χ2v) is 7.40. The Morgan fingerprint density at radius 1 is 1.09 bits per heavy atom. The molecule has 0 saturated carbocycles. The highest BCUT2D eigenvalue weighted by atomic mass is 19.1. The van der Waals surface area contributed by atoms with E-state index in [-0.39, 0.29) is 34.9 Å². The van der Waals surface area contributed by atoms with Crippen molar-refractivity contribution < 1.29 is 23.0 Å². The number of hydrogen-bond acceptors (Lipinski definition) is 6. The van der Waals surface area contributed by atoms with E-state index in [0.717, 1.165) is 6.07 Å². The second kappa shape index (κ2) is 8.49. The molecule has 0 bridgehead atoms. The van der Waals surface area contributed by atoms with Crippen molar-refractivity contribution in [3.63, 3.8) is 0 Å². The van der Waals surface area contributed by atoms with Crippen molar-refractivity contribution in [3.8, 4) is 11.5 Å². The van der Waals surface area contributed by atoms with Crippen LogP contribution < -0.4 is 10.3 Å². The van der Waals surface area contributed by atoms with Gasteiger partial charge in [-0.2, -0.15) is 0 Å². The van der Waals surface area contributed by atoms with E-state index in [1.807, 2.05) is 0 Å². The van der Waals surface area contributed by atoms with Crippen molar-refractivity contribution in [2.24, 2.45) is 0 Å². The fourth-order valence-corrected chi connectivity index (χ4v) is 3.62. The molecule has 3 aromatic heterocycles. The number of fused-ring (bicyclic) bond motifs is 3. The van der Waals surface area contributed by atoms with Crippen LogP contribution in [-0.2, 0) is 11.3 Å². The van der Waals surface area contributed by atoms with Gasteiger partial charge in [-0.1, -0.05) is 12.1 Å². The summed E-state index contributed by atoms with van der Waals surface area (Å²) in [6, 6.07) is 9.37. The number of benzene rings is 2. The highest BCUT2D eigenvalue weighted by molar-refractivity contribution is 6.20. The minimum absolute atomic E-state index is 0.0269. The maximum absolute atomic E-state index is 14.9. The first-order valence-electron chi connectivity index (χ1n) is 10.1. The SMILES string of the molecule is COCc1nc2c(cnc3[nH]cc(C(=O)c4ccc(Oc5ccccc5F)cc4F)c32)[nH]c1=O. The topological polar surface area (TPSA) is 110 Å². The molecule has 0 aliphatic carbocycles. The molecule has 34 heavy (non-hydrogen) atoms. The zero-order valence-corrected chi connectivity index (χ0v) is 17.7. The molecule has 0 amide bonds. The fraction of sp³-hybridized carbons (Fsp3) is 0.0833. The zero-order chi connectivity index (χ0) is 23.8. The molecule has 0 fully saturated rings. The molecular weight excluding hydrogens is 446 g/mol. The summed E-state index contributed by atoms with van der Waals surface area (Å²) in [6.07, 6.45) is 2.83. The average molecular weight is 462 g/mol. The summed E-state index contributed by atoms with van der Waals surface area (Å²) in [7, 11) is 1.43. The largest absolute Gasteiger partial charge is 0.454 e. The maximum atomic E-state index is 14.9. The quantitative estimate of drug-likeness (QED) is 0.365. The van der Waals surface area contributed by atoms with E-state index in [0.29, 0.717) is 22.1 Å². The molecule has 0 aliphatic heterocycles. The van der Waals surface area contributed by atoms with Gasteiger partial charge >= 0.3 is 0 Å². The van der Waals surface area contributed by atoms with Crippen LogP contribution in [0.15, 0.2) is 59.7 Å². The second-order valence-electron chi connectivity index (χ2n) is 7.40. The van der Waals surface area contributed by atoms with E-state index < -0.39 is 23.0 Å². The summed E-state index contributed by atoms with van der Waals surface area (Å²) in [5, 5.41) is 0.335. The number of ketones is 1. The first-order valence-corrected chi connectivity index (χ1v) is 10.1. The van der Waals surface area contributed by atoms with Crippen LogP contribution >= 0.6 is 0 Å². The van der Waals surface area contributed by atoms with E-state index in [1.54, 1.807) is 6.07 Å². The molecule has 5 aromatic rings. The van der Waals surface area contributed by atoms with Crippen molar-refractivity contribution in [1.82, 2.24) is 19.9 Å². The molecule has 8 nitrogen and oxygen atoms in total. The van der Waals surface area contributed by atoms with Gasteiger partial charge in [0.1, 0.15) is 28.4 Å². The molecule has 5 rings (SSSR count). The number of pyridine rings is 1. The first-order chi connectivity index (χ1) is 16.5. The Labute approximate surface area is 190 Å². The Kier molecular flexibility index (Phi) is 5.34. The van der Waals surface area contributed by atoms with Crippen molar-refractivity contribution in [2.75, 3.05) is 7.11 Å². The van der Waals surface area contributed by atoms with Crippen LogP contribution in [0.25, 0.3) is 22.1 Å². The number of aromatic nitrogens is 4. The van der Waals surface area contributed by atoms with E-state index in [1.165, 1.54) is 49.8 Å². The molecule has 0 spiro atoms. The van der Waals surface area contributed by atoms with Gasteiger partial charge in [0.15, 0.2) is 17.3 Å². The number of para-hydroxylation sites is 1. The molecule has 0 unspecified atom stereocenters. The molecular formula is C24H16F2N4O4.